The molecule has 0 bridgehead atoms. The minimum absolute atomic E-state index is 0.118. The molecule has 1 atom stereocenters. The molecule has 1 aromatic rings. The zero-order valence-electron chi connectivity index (χ0n) is 8.81. The van der Waals surface area contributed by atoms with E-state index in [-0.39, 0.29) is 18.9 Å². The minimum Gasteiger partial charge on any atom is -0.495 e. The Morgan fingerprint density at radius 3 is 2.88 bits per heavy atom. The van der Waals surface area contributed by atoms with Gasteiger partial charge in [0, 0.05) is 5.02 Å². The Morgan fingerprint density at radius 1 is 1.56 bits per heavy atom. The summed E-state index contributed by atoms with van der Waals surface area (Å²) < 4.78 is 5.16. The lowest BCUT2D eigenvalue weighted by atomic mass is 10.2. The van der Waals surface area contributed by atoms with Crippen LogP contribution in [0.4, 0.5) is 5.69 Å². The van der Waals surface area contributed by atoms with Crippen molar-refractivity contribution < 1.29 is 14.6 Å². The molecule has 2 rings (SSSR count). The van der Waals surface area contributed by atoms with E-state index in [1.807, 2.05) is 0 Å². The summed E-state index contributed by atoms with van der Waals surface area (Å²) in [5.41, 5.74) is 0.608. The van der Waals surface area contributed by atoms with Crippen molar-refractivity contribution in [2.45, 2.75) is 12.5 Å². The van der Waals surface area contributed by atoms with E-state index in [0.717, 1.165) is 0 Å². The largest absolute Gasteiger partial charge is 0.495 e. The molecule has 86 valence electrons. The van der Waals surface area contributed by atoms with E-state index in [2.05, 4.69) is 0 Å². The van der Waals surface area contributed by atoms with Crippen molar-refractivity contribution in [1.82, 2.24) is 0 Å². The Hall–Kier alpha value is -1.26. The van der Waals surface area contributed by atoms with Crippen LogP contribution in [0.25, 0.3) is 0 Å². The normalized spacial score (nSPS) is 20.3. The summed E-state index contributed by atoms with van der Waals surface area (Å²) in [6, 6.07) is 5.06. The van der Waals surface area contributed by atoms with Crippen LogP contribution in [0.3, 0.4) is 0 Å². The SMILES string of the molecule is COc1ccc(Cl)cc1N1CC(O)CC1=O. The maximum atomic E-state index is 11.6. The van der Waals surface area contributed by atoms with Crippen LogP contribution in [0.5, 0.6) is 5.75 Å². The average molecular weight is 242 g/mol. The standard InChI is InChI=1S/C11H12ClNO3/c1-16-10-3-2-7(12)4-9(10)13-6-8(14)5-11(13)15/h2-4,8,14H,5-6H2,1H3. The number of benzene rings is 1. The highest BCUT2D eigenvalue weighted by Crippen LogP contribution is 2.33. The Morgan fingerprint density at radius 2 is 2.31 bits per heavy atom. The van der Waals surface area contributed by atoms with E-state index in [4.69, 9.17) is 16.3 Å². The lowest BCUT2D eigenvalue weighted by molar-refractivity contribution is -0.117. The first-order valence-electron chi connectivity index (χ1n) is 4.94. The van der Waals surface area contributed by atoms with Crippen LogP contribution in [0.2, 0.25) is 5.02 Å². The number of ether oxygens (including phenoxy) is 1. The molecule has 1 saturated heterocycles. The monoisotopic (exact) mass is 241 g/mol. The van der Waals surface area contributed by atoms with Gasteiger partial charge in [0.25, 0.3) is 0 Å². The fourth-order valence-electron chi connectivity index (χ4n) is 1.80. The van der Waals surface area contributed by atoms with Crippen LogP contribution in [0.1, 0.15) is 6.42 Å². The third-order valence-electron chi connectivity index (χ3n) is 2.54. The van der Waals surface area contributed by atoms with E-state index in [1.54, 1.807) is 18.2 Å². The predicted molar refractivity (Wildman–Crippen MR) is 61.0 cm³/mol. The number of hydrogen-bond acceptors (Lipinski definition) is 3. The molecule has 5 heteroatoms. The summed E-state index contributed by atoms with van der Waals surface area (Å²) >= 11 is 5.88. The van der Waals surface area contributed by atoms with Crippen molar-refractivity contribution in [2.75, 3.05) is 18.6 Å². The van der Waals surface area contributed by atoms with Crippen LogP contribution in [-0.4, -0.2) is 30.8 Å². The van der Waals surface area contributed by atoms with Crippen LogP contribution in [0.15, 0.2) is 18.2 Å². The van der Waals surface area contributed by atoms with Gasteiger partial charge >= 0.3 is 0 Å². The number of hydrogen-bond donors (Lipinski definition) is 1. The topological polar surface area (TPSA) is 49.8 Å². The molecule has 1 unspecified atom stereocenters. The summed E-state index contributed by atoms with van der Waals surface area (Å²) in [4.78, 5) is 13.1. The fraction of sp³-hybridized carbons (Fsp3) is 0.364. The molecule has 0 saturated carbocycles. The van der Waals surface area contributed by atoms with Crippen molar-refractivity contribution in [3.63, 3.8) is 0 Å². The number of rotatable bonds is 2. The summed E-state index contributed by atoms with van der Waals surface area (Å²) in [5, 5.41) is 9.96. The Bertz CT molecular complexity index is 422. The first-order chi connectivity index (χ1) is 7.61. The van der Waals surface area contributed by atoms with Gasteiger partial charge in [0.2, 0.25) is 5.91 Å². The highest BCUT2D eigenvalue weighted by atomic mass is 35.5. The molecule has 16 heavy (non-hydrogen) atoms. The number of aliphatic hydroxyl groups is 1. The first kappa shape index (κ1) is 11.2. The molecule has 1 aromatic carbocycles. The van der Waals surface area contributed by atoms with Crippen LogP contribution in [0, 0.1) is 0 Å². The molecule has 1 aliphatic rings. The zero-order chi connectivity index (χ0) is 11.7. The van der Waals surface area contributed by atoms with Crippen molar-refractivity contribution in [1.29, 1.82) is 0 Å². The number of methoxy groups -OCH3 is 1. The second-order valence-corrected chi connectivity index (χ2v) is 4.11. The van der Waals surface area contributed by atoms with Gasteiger partial charge in [0.15, 0.2) is 0 Å². The summed E-state index contributed by atoms with van der Waals surface area (Å²) in [7, 11) is 1.53. The second kappa shape index (κ2) is 4.31. The molecule has 1 aliphatic heterocycles. The number of β-amino-alcohol motifs (C(OH)–C–C–N with tert-alkyl or cyclic N) is 1. The van der Waals surface area contributed by atoms with Gasteiger partial charge in [-0.25, -0.2) is 0 Å². The van der Waals surface area contributed by atoms with Crippen LogP contribution >= 0.6 is 11.6 Å². The van der Waals surface area contributed by atoms with Crippen molar-refractivity contribution >= 4 is 23.2 Å². The quantitative estimate of drug-likeness (QED) is 0.853. The Kier molecular flexibility index (Phi) is 3.03. The van der Waals surface area contributed by atoms with Gasteiger partial charge < -0.3 is 14.7 Å². The maximum absolute atomic E-state index is 11.6. The molecule has 1 fully saturated rings. The van der Waals surface area contributed by atoms with Gasteiger partial charge in [-0.1, -0.05) is 11.6 Å². The molecular weight excluding hydrogens is 230 g/mol. The van der Waals surface area contributed by atoms with Gasteiger partial charge in [-0.05, 0) is 18.2 Å². The lowest BCUT2D eigenvalue weighted by Gasteiger charge is -2.19. The van der Waals surface area contributed by atoms with E-state index in [1.165, 1.54) is 12.0 Å². The van der Waals surface area contributed by atoms with Crippen LogP contribution in [-0.2, 0) is 4.79 Å². The predicted octanol–water partition coefficient (Wildman–Crippen LogP) is 1.45. The van der Waals surface area contributed by atoms with Crippen molar-refractivity contribution in [3.05, 3.63) is 23.2 Å². The van der Waals surface area contributed by atoms with Gasteiger partial charge in [-0.2, -0.15) is 0 Å². The minimum atomic E-state index is -0.615. The highest BCUT2D eigenvalue weighted by Gasteiger charge is 2.30. The smallest absolute Gasteiger partial charge is 0.229 e. The van der Waals surface area contributed by atoms with Crippen molar-refractivity contribution in [2.24, 2.45) is 0 Å². The fourth-order valence-corrected chi connectivity index (χ4v) is 1.96. The number of amides is 1. The molecule has 0 aliphatic carbocycles. The number of anilines is 1. The Labute approximate surface area is 98.4 Å². The number of halogens is 1. The van der Waals surface area contributed by atoms with Crippen LogP contribution < -0.4 is 9.64 Å². The molecule has 4 nitrogen and oxygen atoms in total. The molecular formula is C11H12ClNO3. The molecule has 1 heterocycles. The van der Waals surface area contributed by atoms with Gasteiger partial charge in [0.05, 0.1) is 31.9 Å². The zero-order valence-corrected chi connectivity index (χ0v) is 9.57. The first-order valence-corrected chi connectivity index (χ1v) is 5.31. The summed E-state index contributed by atoms with van der Waals surface area (Å²) in [6.07, 6.45) is -0.466. The van der Waals surface area contributed by atoms with Gasteiger partial charge in [-0.3, -0.25) is 4.79 Å². The van der Waals surface area contributed by atoms with Gasteiger partial charge in [0.1, 0.15) is 5.75 Å². The number of nitrogens with zero attached hydrogens (tertiary/aromatic N) is 1. The van der Waals surface area contributed by atoms with Crippen molar-refractivity contribution in [3.8, 4) is 5.75 Å². The van der Waals surface area contributed by atoms with E-state index >= 15 is 0 Å². The number of carbonyl (C=O) groups is 1. The van der Waals surface area contributed by atoms with E-state index in [9.17, 15) is 9.90 Å². The second-order valence-electron chi connectivity index (χ2n) is 3.68. The molecule has 1 N–H and O–H groups in total. The molecule has 0 aromatic heterocycles. The average Bonchev–Trinajstić information content (AvgIpc) is 2.57. The van der Waals surface area contributed by atoms with E-state index in [0.29, 0.717) is 16.5 Å². The highest BCUT2D eigenvalue weighted by molar-refractivity contribution is 6.31. The third kappa shape index (κ3) is 1.99. The summed E-state index contributed by atoms with van der Waals surface area (Å²) in [5.74, 6) is 0.458. The lowest BCUT2D eigenvalue weighted by Crippen LogP contribution is -2.25. The third-order valence-corrected chi connectivity index (χ3v) is 2.77. The van der Waals surface area contributed by atoms with Gasteiger partial charge in [-0.15, -0.1) is 0 Å². The maximum Gasteiger partial charge on any atom is 0.229 e. The number of aliphatic hydroxyl groups excluding tert-OH is 1. The Balaban J connectivity index is 2.39. The number of carbonyl (C=O) groups excluding carboxylic acids is 1. The molecule has 0 radical (unpaired) electrons. The summed E-state index contributed by atoms with van der Waals surface area (Å²) in [6.45, 7) is 0.287. The molecule has 1 amide bonds. The molecule has 0 spiro atoms. The van der Waals surface area contributed by atoms with E-state index < -0.39 is 6.10 Å².